The van der Waals surface area contributed by atoms with E-state index in [4.69, 9.17) is 0 Å². The Labute approximate surface area is 96.0 Å². The molecule has 1 aliphatic rings. The van der Waals surface area contributed by atoms with E-state index < -0.39 is 0 Å². The van der Waals surface area contributed by atoms with Crippen molar-refractivity contribution in [2.45, 2.75) is 19.4 Å². The molecule has 88 valence electrons. The molecule has 0 aliphatic heterocycles. The Morgan fingerprint density at radius 1 is 1.53 bits per heavy atom. The summed E-state index contributed by atoms with van der Waals surface area (Å²) in [6.07, 6.45) is 3.30. The van der Waals surface area contributed by atoms with E-state index >= 15 is 0 Å². The first-order chi connectivity index (χ1) is 8.16. The third kappa shape index (κ3) is 1.63. The van der Waals surface area contributed by atoms with Crippen molar-refractivity contribution < 1.29 is 4.79 Å². The van der Waals surface area contributed by atoms with Crippen molar-refractivity contribution in [2.75, 3.05) is 0 Å². The van der Waals surface area contributed by atoms with Gasteiger partial charge in [0, 0.05) is 13.0 Å². The van der Waals surface area contributed by atoms with Crippen molar-refractivity contribution >= 4 is 16.8 Å². The van der Waals surface area contributed by atoms with Gasteiger partial charge in [-0.2, -0.15) is 5.10 Å². The summed E-state index contributed by atoms with van der Waals surface area (Å²) >= 11 is 0. The molecule has 7 heteroatoms. The number of fused-ring (bicyclic) bond motifs is 1. The lowest BCUT2D eigenvalue weighted by Crippen LogP contribution is -2.28. The number of aromatic nitrogens is 5. The molecule has 1 saturated carbocycles. The van der Waals surface area contributed by atoms with Crippen LogP contribution in [0.25, 0.3) is 11.0 Å². The summed E-state index contributed by atoms with van der Waals surface area (Å²) in [6, 6.07) is 0. The molecule has 17 heavy (non-hydrogen) atoms. The first-order valence-electron chi connectivity index (χ1n) is 5.45. The van der Waals surface area contributed by atoms with Crippen LogP contribution in [0.4, 0.5) is 0 Å². The second-order valence-corrected chi connectivity index (χ2v) is 4.30. The fourth-order valence-electron chi connectivity index (χ4n) is 1.76. The summed E-state index contributed by atoms with van der Waals surface area (Å²) in [5.41, 5.74) is 0.127. The van der Waals surface area contributed by atoms with Gasteiger partial charge < -0.3 is 0 Å². The molecular formula is C10H11N5O2. The molecule has 0 bridgehead atoms. The summed E-state index contributed by atoms with van der Waals surface area (Å²) in [7, 11) is 1.69. The van der Waals surface area contributed by atoms with Crippen LogP contribution >= 0.6 is 0 Å². The number of aryl methyl sites for hydroxylation is 1. The minimum atomic E-state index is -0.308. The fraction of sp³-hybridized carbons (Fsp3) is 0.500. The van der Waals surface area contributed by atoms with Crippen LogP contribution in [0.3, 0.4) is 0 Å². The average molecular weight is 233 g/mol. The van der Waals surface area contributed by atoms with Gasteiger partial charge in [0.05, 0.1) is 6.20 Å². The van der Waals surface area contributed by atoms with Crippen LogP contribution in [0.5, 0.6) is 0 Å². The molecule has 0 atom stereocenters. The van der Waals surface area contributed by atoms with Crippen molar-refractivity contribution in [3.05, 3.63) is 16.6 Å². The van der Waals surface area contributed by atoms with Crippen molar-refractivity contribution in [1.82, 2.24) is 24.8 Å². The van der Waals surface area contributed by atoms with Gasteiger partial charge in [0.2, 0.25) is 0 Å². The van der Waals surface area contributed by atoms with E-state index in [1.807, 2.05) is 0 Å². The summed E-state index contributed by atoms with van der Waals surface area (Å²) in [4.78, 5) is 23.6. The third-order valence-electron chi connectivity index (χ3n) is 2.96. The van der Waals surface area contributed by atoms with Crippen LogP contribution in [0.15, 0.2) is 11.0 Å². The molecule has 2 aromatic heterocycles. The molecule has 2 heterocycles. The minimum absolute atomic E-state index is 0.0152. The summed E-state index contributed by atoms with van der Waals surface area (Å²) < 4.78 is 2.60. The first kappa shape index (κ1) is 10.1. The molecule has 0 N–H and O–H groups in total. The Bertz CT molecular complexity index is 652. The van der Waals surface area contributed by atoms with E-state index in [0.29, 0.717) is 11.0 Å². The maximum Gasteiger partial charge on any atom is 0.281 e. The van der Waals surface area contributed by atoms with Gasteiger partial charge in [0.25, 0.3) is 5.56 Å². The maximum atomic E-state index is 12.0. The zero-order valence-corrected chi connectivity index (χ0v) is 9.33. The van der Waals surface area contributed by atoms with Gasteiger partial charge >= 0.3 is 0 Å². The number of hydrogen-bond acceptors (Lipinski definition) is 5. The Hall–Kier alpha value is -2.05. The van der Waals surface area contributed by atoms with Crippen LogP contribution in [-0.2, 0) is 18.4 Å². The number of rotatable bonds is 3. The molecule has 0 unspecified atom stereocenters. The Balaban J connectivity index is 2.02. The Morgan fingerprint density at radius 2 is 2.29 bits per heavy atom. The maximum absolute atomic E-state index is 12.0. The lowest BCUT2D eigenvalue weighted by molar-refractivity contribution is -0.121. The summed E-state index contributed by atoms with van der Waals surface area (Å²) in [6.45, 7) is 0.0152. The molecule has 0 radical (unpaired) electrons. The number of carbonyl (C=O) groups excluding carboxylic acids is 1. The number of nitrogens with zero attached hydrogens (tertiary/aromatic N) is 5. The summed E-state index contributed by atoms with van der Waals surface area (Å²) in [5, 5.41) is 12.0. The van der Waals surface area contributed by atoms with Gasteiger partial charge in [-0.3, -0.25) is 9.59 Å². The molecule has 0 saturated heterocycles. The highest BCUT2D eigenvalue weighted by molar-refractivity contribution is 5.83. The predicted octanol–water partition coefficient (Wildman–Crippen LogP) is -0.496. The SMILES string of the molecule is Cn1ncc2c(=O)n(CC(=O)C3CC3)nnc21. The van der Waals surface area contributed by atoms with E-state index in [0.717, 1.165) is 17.5 Å². The van der Waals surface area contributed by atoms with Crippen molar-refractivity contribution in [2.24, 2.45) is 13.0 Å². The molecular weight excluding hydrogens is 222 g/mol. The average Bonchev–Trinajstić information content (AvgIpc) is 3.08. The lowest BCUT2D eigenvalue weighted by Gasteiger charge is -2.01. The fourth-order valence-corrected chi connectivity index (χ4v) is 1.76. The number of hydrogen-bond donors (Lipinski definition) is 0. The number of ketones is 1. The highest BCUT2D eigenvalue weighted by atomic mass is 16.1. The quantitative estimate of drug-likeness (QED) is 0.714. The van der Waals surface area contributed by atoms with Gasteiger partial charge in [0.15, 0.2) is 11.4 Å². The third-order valence-corrected chi connectivity index (χ3v) is 2.96. The van der Waals surface area contributed by atoms with Crippen molar-refractivity contribution in [1.29, 1.82) is 0 Å². The lowest BCUT2D eigenvalue weighted by atomic mass is 10.2. The molecule has 3 rings (SSSR count). The van der Waals surface area contributed by atoms with Gasteiger partial charge in [0.1, 0.15) is 11.9 Å². The smallest absolute Gasteiger partial charge is 0.281 e. The van der Waals surface area contributed by atoms with Gasteiger partial charge in [-0.15, -0.1) is 5.10 Å². The Kier molecular flexibility index (Phi) is 2.07. The highest BCUT2D eigenvalue weighted by Crippen LogP contribution is 2.29. The molecule has 0 amide bonds. The molecule has 7 nitrogen and oxygen atoms in total. The zero-order valence-electron chi connectivity index (χ0n) is 9.33. The van der Waals surface area contributed by atoms with E-state index in [1.54, 1.807) is 7.05 Å². The second-order valence-electron chi connectivity index (χ2n) is 4.30. The van der Waals surface area contributed by atoms with Crippen LogP contribution in [-0.4, -0.2) is 30.6 Å². The van der Waals surface area contributed by atoms with E-state index in [9.17, 15) is 9.59 Å². The zero-order chi connectivity index (χ0) is 12.0. The predicted molar refractivity (Wildman–Crippen MR) is 58.3 cm³/mol. The van der Waals surface area contributed by atoms with E-state index in [2.05, 4.69) is 15.4 Å². The van der Waals surface area contributed by atoms with Gasteiger partial charge in [-0.05, 0) is 12.8 Å². The van der Waals surface area contributed by atoms with Crippen LogP contribution in [0, 0.1) is 5.92 Å². The van der Waals surface area contributed by atoms with Crippen LogP contribution in [0.1, 0.15) is 12.8 Å². The second kappa shape index (κ2) is 3.47. The Morgan fingerprint density at radius 3 is 3.00 bits per heavy atom. The van der Waals surface area contributed by atoms with Gasteiger partial charge in [-0.1, -0.05) is 5.21 Å². The minimum Gasteiger partial charge on any atom is -0.297 e. The first-order valence-corrected chi connectivity index (χ1v) is 5.45. The molecule has 1 fully saturated rings. The topological polar surface area (TPSA) is 82.7 Å². The molecule has 0 spiro atoms. The number of carbonyl (C=O) groups is 1. The van der Waals surface area contributed by atoms with Gasteiger partial charge in [-0.25, -0.2) is 9.36 Å². The van der Waals surface area contributed by atoms with Crippen molar-refractivity contribution in [3.63, 3.8) is 0 Å². The monoisotopic (exact) mass is 233 g/mol. The number of Topliss-reactive ketones (excluding diaryl/α,β-unsaturated/α-hetero) is 1. The van der Waals surface area contributed by atoms with Crippen LogP contribution in [0.2, 0.25) is 0 Å². The molecule has 0 aromatic carbocycles. The van der Waals surface area contributed by atoms with Crippen LogP contribution < -0.4 is 5.56 Å². The largest absolute Gasteiger partial charge is 0.297 e. The normalized spacial score (nSPS) is 15.4. The summed E-state index contributed by atoms with van der Waals surface area (Å²) in [5.74, 6) is 0.179. The molecule has 1 aliphatic carbocycles. The van der Waals surface area contributed by atoms with E-state index in [1.165, 1.54) is 10.9 Å². The molecule has 2 aromatic rings. The highest BCUT2D eigenvalue weighted by Gasteiger charge is 2.30. The standard InChI is InChI=1S/C10H11N5O2/c1-14-9-7(4-11-14)10(17)15(13-12-9)5-8(16)6-2-3-6/h4,6H,2-3,5H2,1H3. The van der Waals surface area contributed by atoms with E-state index in [-0.39, 0.29) is 23.8 Å². The van der Waals surface area contributed by atoms with Crippen molar-refractivity contribution in [3.8, 4) is 0 Å².